The van der Waals surface area contributed by atoms with Gasteiger partial charge in [-0.15, -0.1) is 5.10 Å². The number of anilines is 2. The minimum absolute atomic E-state index is 0.0910. The lowest BCUT2D eigenvalue weighted by atomic mass is 10.2. The number of nitrogens with two attached hydrogens (primary N) is 2. The van der Waals surface area contributed by atoms with Crippen LogP contribution < -0.4 is 32.1 Å². The van der Waals surface area contributed by atoms with Gasteiger partial charge in [0.15, 0.2) is 17.1 Å². The zero-order valence-corrected chi connectivity index (χ0v) is 23.6. The summed E-state index contributed by atoms with van der Waals surface area (Å²) in [6.07, 6.45) is 1.53. The maximum Gasteiger partial charge on any atom is 0.330 e. The predicted molar refractivity (Wildman–Crippen MR) is 156 cm³/mol. The summed E-state index contributed by atoms with van der Waals surface area (Å²) >= 11 is 0. The number of amides is 1. The van der Waals surface area contributed by atoms with Gasteiger partial charge in [0.05, 0.1) is 25.0 Å². The fourth-order valence-electron chi connectivity index (χ4n) is 5.22. The van der Waals surface area contributed by atoms with Crippen LogP contribution in [0.25, 0.3) is 28.4 Å². The lowest BCUT2D eigenvalue weighted by Crippen LogP contribution is -2.47. The zero-order chi connectivity index (χ0) is 30.1. The first-order valence-corrected chi connectivity index (χ1v) is 13.9. The number of ether oxygens (including phenoxy) is 1. The van der Waals surface area contributed by atoms with E-state index in [0.717, 1.165) is 0 Å². The number of imidazole rings is 1. The van der Waals surface area contributed by atoms with E-state index in [1.807, 2.05) is 4.90 Å². The molecule has 1 aliphatic rings. The van der Waals surface area contributed by atoms with E-state index in [9.17, 15) is 14.0 Å². The van der Waals surface area contributed by atoms with E-state index in [-0.39, 0.29) is 43.1 Å². The Labute approximate surface area is 244 Å². The van der Waals surface area contributed by atoms with E-state index in [4.69, 9.17) is 20.6 Å². The lowest BCUT2D eigenvalue weighted by Gasteiger charge is -2.36. The van der Waals surface area contributed by atoms with Crippen LogP contribution in [0.5, 0.6) is 5.75 Å². The minimum atomic E-state index is -0.377. The zero-order valence-electron chi connectivity index (χ0n) is 23.6. The third-order valence-electron chi connectivity index (χ3n) is 7.47. The number of aromatic nitrogens is 6. The second-order valence-corrected chi connectivity index (χ2v) is 10.1. The molecule has 0 unspecified atom stereocenters. The average Bonchev–Trinajstić information content (AvgIpc) is 3.75. The van der Waals surface area contributed by atoms with Crippen molar-refractivity contribution in [1.29, 1.82) is 0 Å². The van der Waals surface area contributed by atoms with Crippen LogP contribution in [0.15, 0.2) is 45.8 Å². The van der Waals surface area contributed by atoms with Crippen LogP contribution in [-0.4, -0.2) is 91.9 Å². The van der Waals surface area contributed by atoms with Gasteiger partial charge in [0, 0.05) is 52.4 Å². The number of nitrogens with one attached hydrogen (secondary N) is 1. The first-order chi connectivity index (χ1) is 20.8. The van der Waals surface area contributed by atoms with E-state index in [0.29, 0.717) is 79.1 Å². The molecule has 5 aromatic rings. The summed E-state index contributed by atoms with van der Waals surface area (Å²) in [5, 5.41) is 7.01. The highest BCUT2D eigenvalue weighted by Gasteiger charge is 2.23. The van der Waals surface area contributed by atoms with Crippen molar-refractivity contribution in [2.75, 3.05) is 63.1 Å². The maximum atomic E-state index is 14.9. The number of benzene rings is 1. The summed E-state index contributed by atoms with van der Waals surface area (Å²) in [6, 6.07) is 8.25. The Balaban J connectivity index is 1.10. The molecule has 16 heteroatoms. The van der Waals surface area contributed by atoms with Gasteiger partial charge < -0.3 is 30.8 Å². The molecule has 0 radical (unpaired) electrons. The number of piperazine rings is 1. The summed E-state index contributed by atoms with van der Waals surface area (Å²) in [5.74, 6) is 0.668. The molecule has 1 saturated heterocycles. The molecule has 43 heavy (non-hydrogen) atoms. The van der Waals surface area contributed by atoms with Gasteiger partial charge in [0.2, 0.25) is 17.7 Å². The van der Waals surface area contributed by atoms with Crippen LogP contribution in [0.3, 0.4) is 0 Å². The monoisotopic (exact) mass is 593 g/mol. The maximum absolute atomic E-state index is 14.9. The van der Waals surface area contributed by atoms with Gasteiger partial charge in [0.1, 0.15) is 23.7 Å². The highest BCUT2D eigenvalue weighted by atomic mass is 19.1. The second-order valence-electron chi connectivity index (χ2n) is 10.1. The highest BCUT2D eigenvalue weighted by Crippen LogP contribution is 2.26. The number of rotatable bonds is 10. The molecule has 15 nitrogen and oxygen atoms in total. The van der Waals surface area contributed by atoms with Gasteiger partial charge in [-0.3, -0.25) is 18.8 Å². The van der Waals surface area contributed by atoms with Gasteiger partial charge in [-0.2, -0.15) is 9.50 Å². The summed E-state index contributed by atoms with van der Waals surface area (Å²) in [4.78, 5) is 37.7. The number of aryl methyl sites for hydroxylation is 1. The van der Waals surface area contributed by atoms with Gasteiger partial charge >= 0.3 is 5.69 Å². The minimum Gasteiger partial charge on any atom is -0.492 e. The molecule has 0 saturated carbocycles. The largest absolute Gasteiger partial charge is 0.492 e. The van der Waals surface area contributed by atoms with Crippen molar-refractivity contribution in [1.82, 2.24) is 38.9 Å². The molecule has 0 bridgehead atoms. The molecule has 5 N–H and O–H groups in total. The first kappa shape index (κ1) is 28.2. The Morgan fingerprint density at radius 3 is 2.67 bits per heavy atom. The van der Waals surface area contributed by atoms with E-state index in [1.165, 1.54) is 21.4 Å². The van der Waals surface area contributed by atoms with Gasteiger partial charge in [-0.1, -0.05) is 0 Å². The quantitative estimate of drug-likeness (QED) is 0.186. The highest BCUT2D eigenvalue weighted by molar-refractivity contribution is 5.88. The molecule has 1 fully saturated rings. The van der Waals surface area contributed by atoms with E-state index in [1.54, 1.807) is 35.9 Å². The predicted octanol–water partition coefficient (Wildman–Crippen LogP) is 0.0349. The number of carbonyl (C=O) groups is 1. The number of furan rings is 1. The fourth-order valence-corrected chi connectivity index (χ4v) is 5.22. The number of nitrogens with zero attached hydrogens (tertiary/aromatic N) is 8. The summed E-state index contributed by atoms with van der Waals surface area (Å²) in [7, 11) is 1.67. The number of halogens is 1. The molecule has 1 aromatic carbocycles. The standard InChI is InChI=1S/C27H32FN11O4/c1-35-22-24(33-26(30)39-25(22)32-23(34-39)20-3-2-13-43-20)38(27(35)41)12-9-36-7-10-37(11-8-36)19-5-4-17(15-18(19)28)42-14-6-31-21(40)16-29/h2-5,13,15H,6-12,14,16,29H2,1H3,(H2,30,33)(H,31,40). The number of nitrogen functional groups attached to an aromatic ring is 1. The number of hydrogen-bond donors (Lipinski definition) is 3. The van der Waals surface area contributed by atoms with Crippen LogP contribution >= 0.6 is 0 Å². The Bertz CT molecular complexity index is 1820. The molecule has 0 aliphatic carbocycles. The molecule has 6 rings (SSSR count). The third kappa shape index (κ3) is 5.49. The smallest absolute Gasteiger partial charge is 0.330 e. The second kappa shape index (κ2) is 11.7. The molecule has 0 atom stereocenters. The molecule has 1 amide bonds. The number of fused-ring (bicyclic) bond motifs is 3. The van der Waals surface area contributed by atoms with Crippen LogP contribution in [0.4, 0.5) is 16.0 Å². The van der Waals surface area contributed by atoms with Crippen LogP contribution in [0, 0.1) is 5.82 Å². The van der Waals surface area contributed by atoms with E-state index >= 15 is 0 Å². The van der Waals surface area contributed by atoms with Crippen molar-refractivity contribution in [3.63, 3.8) is 0 Å². The van der Waals surface area contributed by atoms with Gasteiger partial charge in [0.25, 0.3) is 0 Å². The van der Waals surface area contributed by atoms with Gasteiger partial charge in [-0.05, 0) is 24.3 Å². The van der Waals surface area contributed by atoms with Crippen LogP contribution in [0.1, 0.15) is 0 Å². The average molecular weight is 594 g/mol. The summed E-state index contributed by atoms with van der Waals surface area (Å²) in [5.41, 5.74) is 13.1. The van der Waals surface area contributed by atoms with Crippen LogP contribution in [0.2, 0.25) is 0 Å². The van der Waals surface area contributed by atoms with E-state index in [2.05, 4.69) is 25.3 Å². The molecule has 4 aromatic heterocycles. The Kier molecular flexibility index (Phi) is 7.69. The van der Waals surface area contributed by atoms with Crippen molar-refractivity contribution in [3.05, 3.63) is 52.9 Å². The molecule has 0 spiro atoms. The molecular weight excluding hydrogens is 561 g/mol. The first-order valence-electron chi connectivity index (χ1n) is 13.9. The Hall–Kier alpha value is -4.96. The summed E-state index contributed by atoms with van der Waals surface area (Å²) < 4.78 is 30.4. The summed E-state index contributed by atoms with van der Waals surface area (Å²) in [6.45, 7) is 4.01. The van der Waals surface area contributed by atoms with Crippen molar-refractivity contribution in [3.8, 4) is 17.3 Å². The Morgan fingerprint density at radius 2 is 1.95 bits per heavy atom. The SMILES string of the molecule is Cn1c(=O)n(CCN2CCN(c3ccc(OCCNC(=O)CN)cc3F)CC2)c2nc(N)n3nc(-c4ccco4)nc3c21. The Morgan fingerprint density at radius 1 is 1.14 bits per heavy atom. The number of carbonyl (C=O) groups excluding carboxylic acids is 1. The number of hydrogen-bond acceptors (Lipinski definition) is 11. The fraction of sp³-hybridized carbons (Fsp3) is 0.370. The van der Waals surface area contributed by atoms with Crippen molar-refractivity contribution < 1.29 is 18.3 Å². The van der Waals surface area contributed by atoms with Crippen molar-refractivity contribution >= 4 is 34.4 Å². The van der Waals surface area contributed by atoms with Crippen molar-refractivity contribution in [2.45, 2.75) is 6.54 Å². The van der Waals surface area contributed by atoms with E-state index < -0.39 is 0 Å². The van der Waals surface area contributed by atoms with Crippen LogP contribution in [-0.2, 0) is 18.4 Å². The lowest BCUT2D eigenvalue weighted by molar-refractivity contribution is -0.119. The molecule has 1 aliphatic heterocycles. The normalized spacial score (nSPS) is 14.2. The van der Waals surface area contributed by atoms with Crippen molar-refractivity contribution in [2.24, 2.45) is 12.8 Å². The molecular formula is C27H32FN11O4. The molecule has 226 valence electrons. The topological polar surface area (TPSA) is 180 Å². The third-order valence-corrected chi connectivity index (χ3v) is 7.47. The molecule has 5 heterocycles. The van der Waals surface area contributed by atoms with Gasteiger partial charge in [-0.25, -0.2) is 14.2 Å².